The van der Waals surface area contributed by atoms with Crippen molar-refractivity contribution in [2.75, 3.05) is 6.54 Å². The Morgan fingerprint density at radius 1 is 1.24 bits per heavy atom. The SMILES string of the molecule is CCNC(c1ccc(C)cc1)C(C)Sc1ncccc1Br. The second kappa shape index (κ2) is 7.97. The Morgan fingerprint density at radius 2 is 1.95 bits per heavy atom. The molecule has 2 aromatic rings. The number of aromatic nitrogens is 1. The maximum absolute atomic E-state index is 4.46. The number of nitrogens with zero attached hydrogens (tertiary/aromatic N) is 1. The number of benzene rings is 1. The van der Waals surface area contributed by atoms with Crippen LogP contribution in [-0.4, -0.2) is 16.8 Å². The molecular weight excluding hydrogens is 344 g/mol. The topological polar surface area (TPSA) is 24.9 Å². The number of aryl methyl sites for hydroxylation is 1. The van der Waals surface area contributed by atoms with Gasteiger partial charge in [-0.1, -0.05) is 43.7 Å². The summed E-state index contributed by atoms with van der Waals surface area (Å²) >= 11 is 5.37. The van der Waals surface area contributed by atoms with Crippen LogP contribution >= 0.6 is 27.7 Å². The second-order valence-corrected chi connectivity index (χ2v) is 7.28. The Labute approximate surface area is 139 Å². The average Bonchev–Trinajstić information content (AvgIpc) is 2.48. The Balaban J connectivity index is 2.17. The predicted molar refractivity (Wildman–Crippen MR) is 94.9 cm³/mol. The van der Waals surface area contributed by atoms with Gasteiger partial charge in [0, 0.05) is 22.0 Å². The second-order valence-electron chi connectivity index (χ2n) is 5.06. The van der Waals surface area contributed by atoms with Gasteiger partial charge in [0.2, 0.25) is 0 Å². The van der Waals surface area contributed by atoms with Crippen molar-refractivity contribution in [1.29, 1.82) is 0 Å². The predicted octanol–water partition coefficient (Wildman–Crippen LogP) is 4.98. The van der Waals surface area contributed by atoms with Gasteiger partial charge in [-0.25, -0.2) is 4.98 Å². The van der Waals surface area contributed by atoms with Crippen molar-refractivity contribution in [1.82, 2.24) is 10.3 Å². The van der Waals surface area contributed by atoms with Gasteiger partial charge in [0.05, 0.1) is 0 Å². The third kappa shape index (κ3) is 4.56. The number of rotatable bonds is 6. The highest BCUT2D eigenvalue weighted by Crippen LogP contribution is 2.34. The number of hydrogen-bond acceptors (Lipinski definition) is 3. The molecule has 0 radical (unpaired) electrons. The van der Waals surface area contributed by atoms with Gasteiger partial charge >= 0.3 is 0 Å². The molecule has 0 aliphatic heterocycles. The molecule has 0 aliphatic rings. The molecule has 0 spiro atoms. The standard InChI is InChI=1S/C17H21BrN2S/c1-4-19-16(14-9-7-12(2)8-10-14)13(3)21-17-15(18)6-5-11-20-17/h5-11,13,16,19H,4H2,1-3H3. The summed E-state index contributed by atoms with van der Waals surface area (Å²) in [5.41, 5.74) is 2.62. The van der Waals surface area contributed by atoms with Crippen LogP contribution in [0.3, 0.4) is 0 Å². The van der Waals surface area contributed by atoms with Gasteiger partial charge < -0.3 is 5.32 Å². The lowest BCUT2D eigenvalue weighted by atomic mass is 10.0. The lowest BCUT2D eigenvalue weighted by molar-refractivity contribution is 0.547. The van der Waals surface area contributed by atoms with Crippen molar-refractivity contribution in [2.24, 2.45) is 0 Å². The fraction of sp³-hybridized carbons (Fsp3) is 0.353. The van der Waals surface area contributed by atoms with Gasteiger partial charge in [-0.05, 0) is 47.1 Å². The van der Waals surface area contributed by atoms with E-state index in [4.69, 9.17) is 0 Å². The van der Waals surface area contributed by atoms with E-state index in [9.17, 15) is 0 Å². The quantitative estimate of drug-likeness (QED) is 0.731. The summed E-state index contributed by atoms with van der Waals surface area (Å²) in [6.45, 7) is 7.47. The minimum absolute atomic E-state index is 0.314. The molecule has 0 aliphatic carbocycles. The van der Waals surface area contributed by atoms with Crippen molar-refractivity contribution in [3.63, 3.8) is 0 Å². The van der Waals surface area contributed by atoms with Crippen LogP contribution in [0.5, 0.6) is 0 Å². The maximum atomic E-state index is 4.46. The zero-order valence-corrected chi connectivity index (χ0v) is 15.0. The van der Waals surface area contributed by atoms with Crippen LogP contribution in [0.4, 0.5) is 0 Å². The van der Waals surface area contributed by atoms with Crippen molar-refractivity contribution in [3.8, 4) is 0 Å². The van der Waals surface area contributed by atoms with E-state index in [-0.39, 0.29) is 0 Å². The number of hydrogen-bond donors (Lipinski definition) is 1. The van der Waals surface area contributed by atoms with E-state index in [1.165, 1.54) is 11.1 Å². The Hall–Kier alpha value is -0.840. The minimum Gasteiger partial charge on any atom is -0.309 e. The van der Waals surface area contributed by atoms with Crippen LogP contribution in [0, 0.1) is 6.92 Å². The van der Waals surface area contributed by atoms with Crippen molar-refractivity contribution < 1.29 is 0 Å². The van der Waals surface area contributed by atoms with Crippen molar-refractivity contribution >= 4 is 27.7 Å². The first-order valence-corrected chi connectivity index (χ1v) is 8.86. The molecule has 0 fully saturated rings. The molecule has 1 N–H and O–H groups in total. The lowest BCUT2D eigenvalue weighted by Gasteiger charge is -2.25. The fourth-order valence-electron chi connectivity index (χ4n) is 2.25. The van der Waals surface area contributed by atoms with E-state index < -0.39 is 0 Å². The minimum atomic E-state index is 0.314. The molecule has 0 saturated heterocycles. The van der Waals surface area contributed by atoms with E-state index in [1.807, 2.05) is 18.3 Å². The highest BCUT2D eigenvalue weighted by molar-refractivity contribution is 9.10. The highest BCUT2D eigenvalue weighted by atomic mass is 79.9. The molecular formula is C17H21BrN2S. The van der Waals surface area contributed by atoms with Crippen LogP contribution in [0.1, 0.15) is 31.0 Å². The summed E-state index contributed by atoms with van der Waals surface area (Å²) in [5, 5.41) is 5.02. The largest absolute Gasteiger partial charge is 0.309 e. The molecule has 2 rings (SSSR count). The molecule has 21 heavy (non-hydrogen) atoms. The normalized spacial score (nSPS) is 13.9. The van der Waals surface area contributed by atoms with Gasteiger partial charge in [-0.15, -0.1) is 11.8 Å². The molecule has 0 amide bonds. The highest BCUT2D eigenvalue weighted by Gasteiger charge is 2.20. The van der Waals surface area contributed by atoms with Crippen LogP contribution in [-0.2, 0) is 0 Å². The van der Waals surface area contributed by atoms with Gasteiger partial charge in [-0.3, -0.25) is 0 Å². The first kappa shape index (κ1) is 16.5. The van der Waals surface area contributed by atoms with E-state index in [2.05, 4.69) is 71.3 Å². The maximum Gasteiger partial charge on any atom is 0.110 e. The van der Waals surface area contributed by atoms with E-state index in [0.29, 0.717) is 11.3 Å². The van der Waals surface area contributed by atoms with Crippen LogP contribution < -0.4 is 5.32 Å². The van der Waals surface area contributed by atoms with Gasteiger partial charge in [0.1, 0.15) is 5.03 Å². The Bertz CT molecular complexity index is 571. The van der Waals surface area contributed by atoms with Crippen LogP contribution in [0.15, 0.2) is 52.1 Å². The third-order valence-corrected chi connectivity index (χ3v) is 5.45. The molecule has 1 aromatic carbocycles. The summed E-state index contributed by atoms with van der Waals surface area (Å²) in [4.78, 5) is 4.46. The van der Waals surface area contributed by atoms with Gasteiger partial charge in [-0.2, -0.15) is 0 Å². The molecule has 2 nitrogen and oxygen atoms in total. The molecule has 112 valence electrons. The number of thioether (sulfide) groups is 1. The van der Waals surface area contributed by atoms with Crippen molar-refractivity contribution in [2.45, 2.75) is 37.1 Å². The summed E-state index contributed by atoms with van der Waals surface area (Å²) in [5.74, 6) is 0. The van der Waals surface area contributed by atoms with Gasteiger partial charge in [0.25, 0.3) is 0 Å². The van der Waals surface area contributed by atoms with E-state index in [0.717, 1.165) is 16.0 Å². The molecule has 1 aromatic heterocycles. The van der Waals surface area contributed by atoms with E-state index in [1.54, 1.807) is 11.8 Å². The summed E-state index contributed by atoms with van der Waals surface area (Å²) < 4.78 is 1.06. The third-order valence-electron chi connectivity index (χ3n) is 3.35. The summed E-state index contributed by atoms with van der Waals surface area (Å²) in [6, 6.07) is 13.1. The number of halogens is 1. The zero-order valence-electron chi connectivity index (χ0n) is 12.6. The Morgan fingerprint density at radius 3 is 2.57 bits per heavy atom. The average molecular weight is 365 g/mol. The van der Waals surface area contributed by atoms with Crippen LogP contribution in [0.25, 0.3) is 0 Å². The molecule has 2 atom stereocenters. The van der Waals surface area contributed by atoms with E-state index >= 15 is 0 Å². The van der Waals surface area contributed by atoms with Crippen molar-refractivity contribution in [3.05, 3.63) is 58.2 Å². The van der Waals surface area contributed by atoms with Crippen LogP contribution in [0.2, 0.25) is 0 Å². The number of pyridine rings is 1. The first-order valence-electron chi connectivity index (χ1n) is 7.19. The monoisotopic (exact) mass is 364 g/mol. The smallest absolute Gasteiger partial charge is 0.110 e. The van der Waals surface area contributed by atoms with Gasteiger partial charge in [0.15, 0.2) is 0 Å². The molecule has 4 heteroatoms. The zero-order chi connectivity index (χ0) is 15.2. The number of nitrogens with one attached hydrogen (secondary N) is 1. The molecule has 1 heterocycles. The summed E-state index contributed by atoms with van der Waals surface area (Å²) in [7, 11) is 0. The Kier molecular flexibility index (Phi) is 6.27. The fourth-order valence-corrected chi connectivity index (χ4v) is 3.83. The lowest BCUT2D eigenvalue weighted by Crippen LogP contribution is -2.28. The molecule has 0 saturated carbocycles. The molecule has 2 unspecified atom stereocenters. The summed E-state index contributed by atoms with van der Waals surface area (Å²) in [6.07, 6.45) is 1.84. The first-order chi connectivity index (χ1) is 10.1. The molecule has 0 bridgehead atoms.